The monoisotopic (exact) mass is 264 g/mol. The normalized spacial score (nSPS) is 17.5. The molecule has 1 aromatic heterocycles. The van der Waals surface area contributed by atoms with Crippen molar-refractivity contribution in [1.82, 2.24) is 9.55 Å². The third kappa shape index (κ3) is 3.37. The van der Waals surface area contributed by atoms with Crippen LogP contribution in [-0.2, 0) is 11.8 Å². The highest BCUT2D eigenvalue weighted by Crippen LogP contribution is 2.33. The molecule has 0 aliphatic heterocycles. The van der Waals surface area contributed by atoms with Crippen molar-refractivity contribution < 1.29 is 9.53 Å². The highest BCUT2D eigenvalue weighted by atomic mass is 16.6. The van der Waals surface area contributed by atoms with Crippen LogP contribution in [-0.4, -0.2) is 21.1 Å². The molecule has 1 aromatic rings. The number of hydrogen-bond donors (Lipinski definition) is 0. The molecule has 106 valence electrons. The molecule has 1 aliphatic carbocycles. The number of ether oxygens (including phenoxy) is 1. The maximum atomic E-state index is 12.3. The second kappa shape index (κ2) is 5.35. The van der Waals surface area contributed by atoms with Crippen LogP contribution in [0.3, 0.4) is 0 Å². The van der Waals surface area contributed by atoms with Gasteiger partial charge in [0.15, 0.2) is 5.69 Å². The molecular weight excluding hydrogens is 240 g/mol. The fourth-order valence-electron chi connectivity index (χ4n) is 2.70. The molecule has 0 amide bonds. The number of rotatable bonds is 2. The van der Waals surface area contributed by atoms with Crippen LogP contribution in [0.15, 0.2) is 6.33 Å². The van der Waals surface area contributed by atoms with Crippen LogP contribution in [0.1, 0.15) is 75.0 Å². The third-order valence-electron chi connectivity index (χ3n) is 3.55. The molecule has 0 N–H and O–H groups in total. The van der Waals surface area contributed by atoms with E-state index in [9.17, 15) is 4.79 Å². The van der Waals surface area contributed by atoms with Crippen molar-refractivity contribution in [3.05, 3.63) is 17.7 Å². The smallest absolute Gasteiger partial charge is 0.357 e. The van der Waals surface area contributed by atoms with E-state index in [4.69, 9.17) is 4.74 Å². The first kappa shape index (κ1) is 14.1. The third-order valence-corrected chi connectivity index (χ3v) is 3.55. The Morgan fingerprint density at radius 3 is 2.53 bits per heavy atom. The maximum Gasteiger partial charge on any atom is 0.357 e. The Hall–Kier alpha value is -1.32. The van der Waals surface area contributed by atoms with Crippen LogP contribution >= 0.6 is 0 Å². The zero-order chi connectivity index (χ0) is 14.0. The molecule has 0 bridgehead atoms. The largest absolute Gasteiger partial charge is 0.455 e. The topological polar surface area (TPSA) is 44.1 Å². The number of aromatic nitrogens is 2. The number of esters is 1. The van der Waals surface area contributed by atoms with E-state index in [0.717, 1.165) is 18.5 Å². The Kier molecular flexibility index (Phi) is 3.97. The fraction of sp³-hybridized carbons (Fsp3) is 0.733. The Bertz CT molecular complexity index is 451. The van der Waals surface area contributed by atoms with Crippen LogP contribution in [0.5, 0.6) is 0 Å². The summed E-state index contributed by atoms with van der Waals surface area (Å²) < 4.78 is 7.28. The first-order chi connectivity index (χ1) is 8.88. The standard InChI is InChI=1S/C15H24N2O2/c1-15(2,3)19-14(18)13-12(16-10-17(13)4)11-8-6-5-7-9-11/h10-11H,5-9H2,1-4H3. The lowest BCUT2D eigenvalue weighted by Gasteiger charge is -2.23. The number of aryl methyl sites for hydroxylation is 1. The van der Waals surface area contributed by atoms with Gasteiger partial charge in [0, 0.05) is 13.0 Å². The van der Waals surface area contributed by atoms with Crippen molar-refractivity contribution in [2.45, 2.75) is 64.4 Å². The molecule has 4 heteroatoms. The molecule has 1 fully saturated rings. The Balaban J connectivity index is 2.24. The van der Waals surface area contributed by atoms with Crippen LogP contribution in [0.2, 0.25) is 0 Å². The highest BCUT2D eigenvalue weighted by Gasteiger charge is 2.28. The molecule has 1 heterocycles. The van der Waals surface area contributed by atoms with Gasteiger partial charge in [-0.25, -0.2) is 9.78 Å². The summed E-state index contributed by atoms with van der Waals surface area (Å²) in [5, 5.41) is 0. The second-order valence-corrected chi connectivity index (χ2v) is 6.43. The summed E-state index contributed by atoms with van der Waals surface area (Å²) in [6.07, 6.45) is 7.75. The minimum absolute atomic E-state index is 0.256. The molecule has 4 nitrogen and oxygen atoms in total. The predicted octanol–water partition coefficient (Wildman–Crippen LogP) is 3.42. The lowest BCUT2D eigenvalue weighted by molar-refractivity contribution is 0.00567. The molecule has 1 aliphatic rings. The average molecular weight is 264 g/mol. The highest BCUT2D eigenvalue weighted by molar-refractivity contribution is 5.89. The summed E-state index contributed by atoms with van der Waals surface area (Å²) in [4.78, 5) is 16.8. The zero-order valence-corrected chi connectivity index (χ0v) is 12.4. The molecule has 0 saturated heterocycles. The lowest BCUT2D eigenvalue weighted by Crippen LogP contribution is -2.26. The molecule has 0 atom stereocenters. The minimum Gasteiger partial charge on any atom is -0.455 e. The van der Waals surface area contributed by atoms with Crippen molar-refractivity contribution in [2.75, 3.05) is 0 Å². The van der Waals surface area contributed by atoms with Gasteiger partial charge in [-0.1, -0.05) is 19.3 Å². The average Bonchev–Trinajstić information content (AvgIpc) is 2.70. The van der Waals surface area contributed by atoms with E-state index < -0.39 is 5.60 Å². The zero-order valence-electron chi connectivity index (χ0n) is 12.4. The molecular formula is C15H24N2O2. The second-order valence-electron chi connectivity index (χ2n) is 6.43. The van der Waals surface area contributed by atoms with Gasteiger partial charge >= 0.3 is 5.97 Å². The lowest BCUT2D eigenvalue weighted by atomic mass is 9.86. The predicted molar refractivity (Wildman–Crippen MR) is 74.2 cm³/mol. The summed E-state index contributed by atoms with van der Waals surface area (Å²) in [6.45, 7) is 5.67. The van der Waals surface area contributed by atoms with Crippen molar-refractivity contribution in [1.29, 1.82) is 0 Å². The summed E-state index contributed by atoms with van der Waals surface area (Å²) in [5.41, 5.74) is 1.09. The number of carbonyl (C=O) groups excluding carboxylic acids is 1. The number of hydrogen-bond acceptors (Lipinski definition) is 3. The van der Waals surface area contributed by atoms with E-state index in [-0.39, 0.29) is 5.97 Å². The van der Waals surface area contributed by atoms with E-state index in [0.29, 0.717) is 11.6 Å². The van der Waals surface area contributed by atoms with E-state index in [1.54, 1.807) is 10.9 Å². The van der Waals surface area contributed by atoms with Gasteiger partial charge in [-0.2, -0.15) is 0 Å². The maximum absolute atomic E-state index is 12.3. The molecule has 1 saturated carbocycles. The van der Waals surface area contributed by atoms with Crippen molar-refractivity contribution in [2.24, 2.45) is 7.05 Å². The van der Waals surface area contributed by atoms with Gasteiger partial charge in [0.05, 0.1) is 12.0 Å². The summed E-state index contributed by atoms with van der Waals surface area (Å²) >= 11 is 0. The van der Waals surface area contributed by atoms with E-state index in [1.165, 1.54) is 19.3 Å². The molecule has 2 rings (SSSR count). The van der Waals surface area contributed by atoms with E-state index in [2.05, 4.69) is 4.98 Å². The van der Waals surface area contributed by atoms with Gasteiger partial charge in [0.1, 0.15) is 5.60 Å². The van der Waals surface area contributed by atoms with Crippen molar-refractivity contribution >= 4 is 5.97 Å². The molecule has 0 spiro atoms. The molecule has 19 heavy (non-hydrogen) atoms. The summed E-state index contributed by atoms with van der Waals surface area (Å²) in [6, 6.07) is 0. The van der Waals surface area contributed by atoms with Gasteiger partial charge in [-0.15, -0.1) is 0 Å². The minimum atomic E-state index is -0.467. The first-order valence-corrected chi connectivity index (χ1v) is 7.13. The van der Waals surface area contributed by atoms with Crippen molar-refractivity contribution in [3.63, 3.8) is 0 Å². The number of carbonyl (C=O) groups is 1. The first-order valence-electron chi connectivity index (χ1n) is 7.13. The van der Waals surface area contributed by atoms with Crippen LogP contribution < -0.4 is 0 Å². The van der Waals surface area contributed by atoms with E-state index in [1.807, 2.05) is 27.8 Å². The van der Waals surface area contributed by atoms with Crippen LogP contribution in [0.25, 0.3) is 0 Å². The van der Waals surface area contributed by atoms with E-state index >= 15 is 0 Å². The van der Waals surface area contributed by atoms with Gasteiger partial charge in [-0.05, 0) is 33.6 Å². The fourth-order valence-corrected chi connectivity index (χ4v) is 2.70. The molecule has 0 unspecified atom stereocenters. The van der Waals surface area contributed by atoms with Gasteiger partial charge in [0.2, 0.25) is 0 Å². The number of nitrogens with zero attached hydrogens (tertiary/aromatic N) is 2. The quantitative estimate of drug-likeness (QED) is 0.769. The Labute approximate surface area is 115 Å². The Morgan fingerprint density at radius 2 is 1.95 bits per heavy atom. The summed E-state index contributed by atoms with van der Waals surface area (Å²) in [5.74, 6) is 0.158. The van der Waals surface area contributed by atoms with Crippen molar-refractivity contribution in [3.8, 4) is 0 Å². The van der Waals surface area contributed by atoms with Gasteiger partial charge in [0.25, 0.3) is 0 Å². The van der Waals surface area contributed by atoms with Crippen LogP contribution in [0, 0.1) is 0 Å². The van der Waals surface area contributed by atoms with Gasteiger partial charge in [-0.3, -0.25) is 0 Å². The summed E-state index contributed by atoms with van der Waals surface area (Å²) in [7, 11) is 1.86. The van der Waals surface area contributed by atoms with Crippen LogP contribution in [0.4, 0.5) is 0 Å². The molecule has 0 aromatic carbocycles. The number of imidazole rings is 1. The van der Waals surface area contributed by atoms with Gasteiger partial charge < -0.3 is 9.30 Å². The molecule has 0 radical (unpaired) electrons. The SMILES string of the molecule is Cn1cnc(C2CCCCC2)c1C(=O)OC(C)(C)C. The Morgan fingerprint density at radius 1 is 1.32 bits per heavy atom.